The average molecular weight is 631 g/mol. The molecule has 0 spiro atoms. The fraction of sp³-hybridized carbons (Fsp3) is 0.714. The highest BCUT2D eigenvalue weighted by Crippen LogP contribution is 2.51. The summed E-state index contributed by atoms with van der Waals surface area (Å²) in [6, 6.07) is 4.27. The minimum Gasteiger partial charge on any atom is -0.488 e. The predicted molar refractivity (Wildman–Crippen MR) is 181 cm³/mol. The second-order valence-electron chi connectivity index (χ2n) is 12.7. The fourth-order valence-electron chi connectivity index (χ4n) is 5.91. The Kier molecular flexibility index (Phi) is 13.6. The first-order chi connectivity index (χ1) is 20.9. The van der Waals surface area contributed by atoms with Crippen LogP contribution >= 0.6 is 23.1 Å². The first-order valence-corrected chi connectivity index (χ1v) is 18.3. The summed E-state index contributed by atoms with van der Waals surface area (Å²) in [6.07, 6.45) is 12.4. The summed E-state index contributed by atoms with van der Waals surface area (Å²) in [7, 11) is 0. The van der Waals surface area contributed by atoms with Gasteiger partial charge in [0.15, 0.2) is 11.5 Å². The Morgan fingerprint density at radius 3 is 2.07 bits per heavy atom. The van der Waals surface area contributed by atoms with Gasteiger partial charge < -0.3 is 18.9 Å². The molecule has 0 amide bonds. The molecule has 0 aliphatic carbocycles. The molecular weight excluding hydrogens is 577 g/mol. The van der Waals surface area contributed by atoms with E-state index in [1.54, 1.807) is 11.3 Å². The van der Waals surface area contributed by atoms with Crippen molar-refractivity contribution in [1.29, 1.82) is 0 Å². The van der Waals surface area contributed by atoms with Crippen molar-refractivity contribution in [3.63, 3.8) is 0 Å². The summed E-state index contributed by atoms with van der Waals surface area (Å²) in [5, 5.41) is 0. The number of aromatic nitrogens is 2. The van der Waals surface area contributed by atoms with Crippen molar-refractivity contribution >= 4 is 34.1 Å². The molecule has 0 fully saturated rings. The zero-order valence-corrected chi connectivity index (χ0v) is 29.1. The Hall–Kier alpha value is -1.74. The van der Waals surface area contributed by atoms with Crippen molar-refractivity contribution in [2.45, 2.75) is 106 Å². The highest BCUT2D eigenvalue weighted by Gasteiger charge is 2.39. The number of nitrogens with zero attached hydrogens (tertiary/aromatic N) is 2. The molecule has 4 rings (SSSR count). The number of rotatable bonds is 19. The van der Waals surface area contributed by atoms with Gasteiger partial charge in [-0.1, -0.05) is 91.2 Å². The summed E-state index contributed by atoms with van der Waals surface area (Å²) in [6.45, 7) is 17.0. The van der Waals surface area contributed by atoms with Gasteiger partial charge in [0.1, 0.15) is 24.2 Å². The smallest absolute Gasteiger partial charge is 0.180 e. The van der Waals surface area contributed by atoms with Crippen LogP contribution in [0, 0.1) is 31.1 Å². The van der Waals surface area contributed by atoms with E-state index in [0.717, 1.165) is 69.5 Å². The van der Waals surface area contributed by atoms with Gasteiger partial charge in [-0.15, -0.1) is 11.3 Å². The Morgan fingerprint density at radius 1 is 0.791 bits per heavy atom. The first-order valence-electron chi connectivity index (χ1n) is 16.7. The minimum atomic E-state index is -0.380. The van der Waals surface area contributed by atoms with Crippen LogP contribution in [0.5, 0.6) is 11.5 Å². The van der Waals surface area contributed by atoms with E-state index < -0.39 is 0 Å². The molecular formula is C35H54N2O4S2. The van der Waals surface area contributed by atoms with E-state index >= 15 is 0 Å². The molecule has 0 N–H and O–H groups in total. The number of thiophene rings is 1. The number of fused-ring (bicyclic) bond motifs is 2. The van der Waals surface area contributed by atoms with Crippen molar-refractivity contribution in [2.75, 3.05) is 39.6 Å². The Morgan fingerprint density at radius 2 is 1.42 bits per heavy atom. The van der Waals surface area contributed by atoms with E-state index in [1.807, 2.05) is 0 Å². The van der Waals surface area contributed by atoms with E-state index in [2.05, 4.69) is 62.4 Å². The number of ether oxygens (including phenoxy) is 4. The largest absolute Gasteiger partial charge is 0.488 e. The molecule has 8 heteroatoms. The van der Waals surface area contributed by atoms with Gasteiger partial charge in [-0.25, -0.2) is 0 Å². The molecule has 1 aromatic carbocycles. The van der Waals surface area contributed by atoms with Crippen LogP contribution in [0.3, 0.4) is 0 Å². The third kappa shape index (κ3) is 8.93. The third-order valence-corrected chi connectivity index (χ3v) is 10.6. The summed E-state index contributed by atoms with van der Waals surface area (Å²) < 4.78 is 35.6. The molecule has 1 aliphatic rings. The van der Waals surface area contributed by atoms with Crippen LogP contribution in [0.2, 0.25) is 0 Å². The summed E-state index contributed by atoms with van der Waals surface area (Å²) in [5.41, 5.74) is 3.71. The summed E-state index contributed by atoms with van der Waals surface area (Å²) in [5.74, 6) is 2.84. The van der Waals surface area contributed by atoms with Gasteiger partial charge in [-0.05, 0) is 44.1 Å². The lowest BCUT2D eigenvalue weighted by molar-refractivity contribution is -0.0715. The van der Waals surface area contributed by atoms with Crippen LogP contribution in [0.1, 0.15) is 102 Å². The average Bonchev–Trinajstić information content (AvgIpc) is 3.58. The number of unbranched alkanes of at least 4 members (excludes halogenated alkanes) is 4. The van der Waals surface area contributed by atoms with Gasteiger partial charge in [0.05, 0.1) is 35.2 Å². The molecule has 240 valence electrons. The van der Waals surface area contributed by atoms with Gasteiger partial charge in [-0.2, -0.15) is 8.75 Å². The lowest BCUT2D eigenvalue weighted by Gasteiger charge is -2.32. The molecule has 3 atom stereocenters. The molecule has 0 bridgehead atoms. The van der Waals surface area contributed by atoms with Gasteiger partial charge in [0.2, 0.25) is 0 Å². The van der Waals surface area contributed by atoms with Crippen LogP contribution in [0.25, 0.3) is 21.5 Å². The van der Waals surface area contributed by atoms with Gasteiger partial charge in [0, 0.05) is 23.7 Å². The summed E-state index contributed by atoms with van der Waals surface area (Å²) in [4.78, 5) is 2.18. The maximum atomic E-state index is 6.73. The number of aryl methyl sites for hydroxylation is 2. The molecule has 0 saturated carbocycles. The van der Waals surface area contributed by atoms with Crippen LogP contribution in [-0.2, 0) is 9.47 Å². The molecule has 3 unspecified atom stereocenters. The van der Waals surface area contributed by atoms with Crippen molar-refractivity contribution < 1.29 is 18.9 Å². The highest BCUT2D eigenvalue weighted by atomic mass is 32.1. The SMILES string of the molecule is CCCCCCC(CC)COCC1(COCC(CC)CCCC)COc2c(C)sc(-c3ccc(C)c4nsnc34)c2OC1. The topological polar surface area (TPSA) is 62.7 Å². The third-order valence-electron chi connectivity index (χ3n) is 9.00. The number of benzene rings is 1. The molecule has 1 aliphatic heterocycles. The second-order valence-corrected chi connectivity index (χ2v) is 14.4. The van der Waals surface area contributed by atoms with E-state index in [1.165, 1.54) is 63.1 Å². The van der Waals surface area contributed by atoms with Crippen molar-refractivity contribution in [3.05, 3.63) is 22.6 Å². The monoisotopic (exact) mass is 630 g/mol. The molecule has 3 heterocycles. The molecule has 43 heavy (non-hydrogen) atoms. The van der Waals surface area contributed by atoms with Crippen LogP contribution in [0.4, 0.5) is 0 Å². The van der Waals surface area contributed by atoms with Gasteiger partial charge >= 0.3 is 0 Å². The predicted octanol–water partition coefficient (Wildman–Crippen LogP) is 10.0. The Bertz CT molecular complexity index is 1260. The Labute approximate surface area is 268 Å². The fourth-order valence-corrected chi connectivity index (χ4v) is 7.59. The van der Waals surface area contributed by atoms with Crippen molar-refractivity contribution in [2.24, 2.45) is 17.3 Å². The zero-order chi connectivity index (χ0) is 30.7. The lowest BCUT2D eigenvalue weighted by atomic mass is 9.91. The second kappa shape index (κ2) is 17.1. The normalized spacial score (nSPS) is 18.2. The molecule has 3 aromatic rings. The van der Waals surface area contributed by atoms with Crippen molar-refractivity contribution in [3.8, 4) is 21.9 Å². The van der Waals surface area contributed by atoms with E-state index in [-0.39, 0.29) is 5.41 Å². The van der Waals surface area contributed by atoms with E-state index in [4.69, 9.17) is 18.9 Å². The maximum Gasteiger partial charge on any atom is 0.180 e. The minimum absolute atomic E-state index is 0.380. The lowest BCUT2D eigenvalue weighted by Crippen LogP contribution is -2.43. The van der Waals surface area contributed by atoms with Crippen LogP contribution in [0.15, 0.2) is 12.1 Å². The molecule has 0 radical (unpaired) electrons. The zero-order valence-electron chi connectivity index (χ0n) is 27.5. The number of hydrogen-bond donors (Lipinski definition) is 0. The first kappa shape index (κ1) is 34.1. The van der Waals surface area contributed by atoms with Gasteiger partial charge in [0.25, 0.3) is 0 Å². The molecule has 2 aromatic heterocycles. The molecule has 0 saturated heterocycles. The van der Waals surface area contributed by atoms with Crippen LogP contribution < -0.4 is 9.47 Å². The standard InChI is InChI=1S/C35H54N2O4S2/c1-7-11-13-14-16-28(10-4)20-39-22-35(21-38-19-27(9-3)15-12-8-2)23-40-32-26(6)42-34(33(32)41-24-35)29-18-17-25(5)30-31(29)37-43-36-30/h17-18,27-28H,7-16,19-24H2,1-6H3. The summed E-state index contributed by atoms with van der Waals surface area (Å²) >= 11 is 2.97. The quantitative estimate of drug-likeness (QED) is 0.123. The van der Waals surface area contributed by atoms with Crippen LogP contribution in [-0.4, -0.2) is 48.4 Å². The maximum absolute atomic E-state index is 6.73. The number of hydrogen-bond acceptors (Lipinski definition) is 8. The Balaban J connectivity index is 1.50. The van der Waals surface area contributed by atoms with Gasteiger partial charge in [-0.3, -0.25) is 0 Å². The highest BCUT2D eigenvalue weighted by molar-refractivity contribution is 7.16. The van der Waals surface area contributed by atoms with E-state index in [0.29, 0.717) is 38.3 Å². The van der Waals surface area contributed by atoms with Crippen molar-refractivity contribution in [1.82, 2.24) is 8.75 Å². The van der Waals surface area contributed by atoms with E-state index in [9.17, 15) is 0 Å². The molecule has 6 nitrogen and oxygen atoms in total.